The fraction of sp³-hybridized carbons (Fsp3) is 0.600. The largest absolute Gasteiger partial charge is 0.350 e. The standard InChI is InChI=1S/C10H16ClN3O4S2/c1-6(2)7-9(20(11,17)18)8(14-13-7)10(15)12-4-5-19(3)16/h6H,4-5H2,1-3H3,(H,12,15)(H,13,14). The van der Waals surface area contributed by atoms with Gasteiger partial charge in [0.1, 0.15) is 4.90 Å². The highest BCUT2D eigenvalue weighted by Gasteiger charge is 2.29. The molecule has 0 bridgehead atoms. The van der Waals surface area contributed by atoms with E-state index < -0.39 is 25.8 Å². The molecule has 10 heteroatoms. The minimum Gasteiger partial charge on any atom is -0.350 e. The number of halogens is 1. The summed E-state index contributed by atoms with van der Waals surface area (Å²) in [5, 5.41) is 8.71. The van der Waals surface area contributed by atoms with Gasteiger partial charge in [0.15, 0.2) is 5.69 Å². The zero-order chi connectivity index (χ0) is 15.5. The Labute approximate surface area is 124 Å². The van der Waals surface area contributed by atoms with E-state index in [2.05, 4.69) is 15.5 Å². The Kier molecular flexibility index (Phi) is 5.72. The van der Waals surface area contributed by atoms with Crippen molar-refractivity contribution in [3.63, 3.8) is 0 Å². The molecular weight excluding hydrogens is 326 g/mol. The number of amides is 1. The summed E-state index contributed by atoms with van der Waals surface area (Å²) in [4.78, 5) is 11.6. The lowest BCUT2D eigenvalue weighted by Gasteiger charge is -2.05. The fourth-order valence-electron chi connectivity index (χ4n) is 1.53. The van der Waals surface area contributed by atoms with Crippen molar-refractivity contribution < 1.29 is 17.4 Å². The second-order valence-corrected chi connectivity index (χ2v) is 8.50. The number of carbonyl (C=O) groups excluding carboxylic acids is 1. The van der Waals surface area contributed by atoms with Crippen LogP contribution in [0, 0.1) is 0 Å². The van der Waals surface area contributed by atoms with Crippen LogP contribution in [0.15, 0.2) is 4.90 Å². The SMILES string of the molecule is CC(C)c1[nH]nc(C(=O)NCCS(C)=O)c1S(=O)(=O)Cl. The number of carbonyl (C=O) groups is 1. The first-order valence-electron chi connectivity index (χ1n) is 5.75. The third kappa shape index (κ3) is 4.29. The summed E-state index contributed by atoms with van der Waals surface area (Å²) in [7, 11) is 0.222. The number of hydrogen-bond acceptors (Lipinski definition) is 5. The van der Waals surface area contributed by atoms with Crippen LogP contribution in [-0.4, -0.2) is 47.3 Å². The molecule has 114 valence electrons. The van der Waals surface area contributed by atoms with Crippen LogP contribution in [0.1, 0.15) is 35.9 Å². The monoisotopic (exact) mass is 341 g/mol. The van der Waals surface area contributed by atoms with Crippen molar-refractivity contribution in [3.8, 4) is 0 Å². The topological polar surface area (TPSA) is 109 Å². The maximum Gasteiger partial charge on any atom is 0.273 e. The van der Waals surface area contributed by atoms with Gasteiger partial charge in [-0.05, 0) is 5.92 Å². The molecule has 0 saturated heterocycles. The zero-order valence-corrected chi connectivity index (χ0v) is 13.7. The lowest BCUT2D eigenvalue weighted by atomic mass is 10.1. The van der Waals surface area contributed by atoms with Gasteiger partial charge >= 0.3 is 0 Å². The van der Waals surface area contributed by atoms with Gasteiger partial charge in [-0.15, -0.1) is 0 Å². The maximum atomic E-state index is 11.9. The van der Waals surface area contributed by atoms with E-state index in [1.54, 1.807) is 13.8 Å². The van der Waals surface area contributed by atoms with E-state index in [0.717, 1.165) is 0 Å². The molecule has 1 aromatic rings. The van der Waals surface area contributed by atoms with Crippen LogP contribution in [0.25, 0.3) is 0 Å². The van der Waals surface area contributed by atoms with Gasteiger partial charge in [0.25, 0.3) is 15.0 Å². The van der Waals surface area contributed by atoms with E-state index in [1.165, 1.54) is 6.26 Å². The van der Waals surface area contributed by atoms with Gasteiger partial charge in [0, 0.05) is 40.0 Å². The molecule has 0 aliphatic rings. The zero-order valence-electron chi connectivity index (χ0n) is 11.3. The third-order valence-electron chi connectivity index (χ3n) is 2.46. The van der Waals surface area contributed by atoms with Gasteiger partial charge in [-0.25, -0.2) is 8.42 Å². The Bertz CT molecular complexity index is 624. The normalized spacial score (nSPS) is 13.4. The summed E-state index contributed by atoms with van der Waals surface area (Å²) in [6.07, 6.45) is 1.51. The van der Waals surface area contributed by atoms with Crippen LogP contribution in [0.4, 0.5) is 0 Å². The molecule has 0 saturated carbocycles. The fourth-order valence-corrected chi connectivity index (χ4v) is 3.30. The minimum atomic E-state index is -4.09. The molecule has 0 aliphatic carbocycles. The van der Waals surface area contributed by atoms with Crippen molar-refractivity contribution in [2.45, 2.75) is 24.7 Å². The Hall–Kier alpha value is -0.930. The van der Waals surface area contributed by atoms with Crippen LogP contribution < -0.4 is 5.32 Å². The van der Waals surface area contributed by atoms with E-state index in [0.29, 0.717) is 0 Å². The Morgan fingerprint density at radius 3 is 2.55 bits per heavy atom. The molecule has 7 nitrogen and oxygen atoms in total. The summed E-state index contributed by atoms with van der Waals surface area (Å²) in [6, 6.07) is 0. The van der Waals surface area contributed by atoms with E-state index in [1.807, 2.05) is 0 Å². The van der Waals surface area contributed by atoms with E-state index in [9.17, 15) is 17.4 Å². The van der Waals surface area contributed by atoms with Gasteiger partial charge < -0.3 is 5.32 Å². The highest BCUT2D eigenvalue weighted by molar-refractivity contribution is 8.13. The smallest absolute Gasteiger partial charge is 0.273 e. The summed E-state index contributed by atoms with van der Waals surface area (Å²) >= 11 is 0. The molecule has 1 rings (SSSR count). The van der Waals surface area contributed by atoms with Crippen LogP contribution in [0.3, 0.4) is 0 Å². The number of nitrogens with zero attached hydrogens (tertiary/aromatic N) is 1. The maximum absolute atomic E-state index is 11.9. The van der Waals surface area contributed by atoms with E-state index in [4.69, 9.17) is 10.7 Å². The van der Waals surface area contributed by atoms with Crippen molar-refractivity contribution in [3.05, 3.63) is 11.4 Å². The number of rotatable bonds is 6. The van der Waals surface area contributed by atoms with Crippen LogP contribution >= 0.6 is 10.7 Å². The highest BCUT2D eigenvalue weighted by Crippen LogP contribution is 2.27. The molecule has 1 amide bonds. The number of H-pyrrole nitrogens is 1. The van der Waals surface area contributed by atoms with Crippen molar-refractivity contribution >= 4 is 36.4 Å². The first-order valence-corrected chi connectivity index (χ1v) is 9.79. The lowest BCUT2D eigenvalue weighted by Crippen LogP contribution is -2.28. The van der Waals surface area contributed by atoms with E-state index >= 15 is 0 Å². The Morgan fingerprint density at radius 1 is 1.50 bits per heavy atom. The molecule has 0 radical (unpaired) electrons. The molecule has 1 atom stereocenters. The Morgan fingerprint density at radius 2 is 2.10 bits per heavy atom. The highest BCUT2D eigenvalue weighted by atomic mass is 35.7. The van der Waals surface area contributed by atoms with Crippen LogP contribution in [0.5, 0.6) is 0 Å². The van der Waals surface area contributed by atoms with Gasteiger partial charge in [-0.1, -0.05) is 13.8 Å². The summed E-state index contributed by atoms with van der Waals surface area (Å²) in [5.41, 5.74) is 0.00908. The molecule has 2 N–H and O–H groups in total. The number of aromatic amines is 1. The van der Waals surface area contributed by atoms with Crippen molar-refractivity contribution in [2.75, 3.05) is 18.6 Å². The van der Waals surface area contributed by atoms with Gasteiger partial charge in [-0.3, -0.25) is 14.1 Å². The van der Waals surface area contributed by atoms with Crippen LogP contribution in [0.2, 0.25) is 0 Å². The first-order chi connectivity index (χ1) is 9.14. The molecule has 20 heavy (non-hydrogen) atoms. The Balaban J connectivity index is 3.07. The molecule has 0 aromatic carbocycles. The van der Waals surface area contributed by atoms with Crippen LogP contribution in [-0.2, 0) is 19.9 Å². The minimum absolute atomic E-state index is 0.160. The second-order valence-electron chi connectivity index (χ2n) is 4.44. The van der Waals surface area contributed by atoms with E-state index in [-0.39, 0.29) is 34.5 Å². The summed E-state index contributed by atoms with van der Waals surface area (Å²) < 4.78 is 34.1. The molecule has 0 fully saturated rings. The van der Waals surface area contributed by atoms with Crippen molar-refractivity contribution in [1.82, 2.24) is 15.5 Å². The average molecular weight is 342 g/mol. The summed E-state index contributed by atoms with van der Waals surface area (Å²) in [6.45, 7) is 3.66. The quantitative estimate of drug-likeness (QED) is 0.735. The predicted molar refractivity (Wildman–Crippen MR) is 77.0 cm³/mol. The number of hydrogen-bond donors (Lipinski definition) is 2. The molecule has 1 aromatic heterocycles. The molecule has 1 heterocycles. The molecular formula is C10H16ClN3O4S2. The number of nitrogens with one attached hydrogen (secondary N) is 2. The third-order valence-corrected chi connectivity index (χ3v) is 4.60. The molecule has 0 spiro atoms. The van der Waals surface area contributed by atoms with Gasteiger partial charge in [-0.2, -0.15) is 5.10 Å². The number of aromatic nitrogens is 2. The van der Waals surface area contributed by atoms with Crippen molar-refractivity contribution in [2.24, 2.45) is 0 Å². The predicted octanol–water partition coefficient (Wildman–Crippen LogP) is 0.569. The van der Waals surface area contributed by atoms with Gasteiger partial charge in [0.05, 0.1) is 5.69 Å². The molecule has 0 aliphatic heterocycles. The summed E-state index contributed by atoms with van der Waals surface area (Å²) in [5.74, 6) is -0.579. The second kappa shape index (κ2) is 6.68. The lowest BCUT2D eigenvalue weighted by molar-refractivity contribution is 0.0948. The average Bonchev–Trinajstić information content (AvgIpc) is 2.72. The first kappa shape index (κ1) is 17.1. The van der Waals surface area contributed by atoms with Gasteiger partial charge in [0.2, 0.25) is 0 Å². The molecule has 1 unspecified atom stereocenters. The van der Waals surface area contributed by atoms with Crippen molar-refractivity contribution in [1.29, 1.82) is 0 Å².